The predicted molar refractivity (Wildman–Crippen MR) is 67.1 cm³/mol. The number of imidazole rings is 1. The van der Waals surface area contributed by atoms with Crippen molar-refractivity contribution in [3.8, 4) is 22.8 Å². The highest BCUT2D eigenvalue weighted by Crippen LogP contribution is 2.32. The van der Waals surface area contributed by atoms with Crippen LogP contribution in [0.2, 0.25) is 0 Å². The number of nitrogens with zero attached hydrogens (tertiary/aromatic N) is 1. The second-order valence-electron chi connectivity index (χ2n) is 3.77. The summed E-state index contributed by atoms with van der Waals surface area (Å²) in [5.41, 5.74) is 1.52. The molecule has 1 N–H and O–H groups in total. The number of ether oxygens (including phenoxy) is 2. The van der Waals surface area contributed by atoms with E-state index in [0.29, 0.717) is 17.3 Å². The zero-order valence-corrected chi connectivity index (χ0v) is 10.5. The fourth-order valence-corrected chi connectivity index (χ4v) is 1.66. The van der Waals surface area contributed by atoms with Gasteiger partial charge < -0.3 is 14.5 Å². The Balaban J connectivity index is 2.50. The van der Waals surface area contributed by atoms with Gasteiger partial charge >= 0.3 is 0 Å². The third-order valence-corrected chi connectivity index (χ3v) is 2.61. The van der Waals surface area contributed by atoms with Crippen molar-refractivity contribution in [2.45, 2.75) is 6.92 Å². The summed E-state index contributed by atoms with van der Waals surface area (Å²) in [6.07, 6.45) is 1.61. The number of hydrogen-bond donors (Lipinski definition) is 1. The summed E-state index contributed by atoms with van der Waals surface area (Å²) in [7, 11) is 3.19. The summed E-state index contributed by atoms with van der Waals surface area (Å²) in [5.74, 6) is 1.62. The third-order valence-electron chi connectivity index (χ3n) is 2.61. The lowest BCUT2D eigenvalue weighted by Gasteiger charge is -2.08. The first-order valence-electron chi connectivity index (χ1n) is 5.44. The zero-order chi connectivity index (χ0) is 13.1. The molecule has 0 fully saturated rings. The number of aromatic amines is 1. The highest BCUT2D eigenvalue weighted by atomic mass is 16.5. The van der Waals surface area contributed by atoms with E-state index in [2.05, 4.69) is 9.97 Å². The highest BCUT2D eigenvalue weighted by Gasteiger charge is 2.12. The van der Waals surface area contributed by atoms with Crippen molar-refractivity contribution < 1.29 is 14.3 Å². The van der Waals surface area contributed by atoms with Crippen LogP contribution in [-0.4, -0.2) is 30.0 Å². The molecule has 0 atom stereocenters. The van der Waals surface area contributed by atoms with Crippen molar-refractivity contribution in [3.63, 3.8) is 0 Å². The molecule has 0 saturated carbocycles. The number of methoxy groups -OCH3 is 2. The molecule has 5 nitrogen and oxygen atoms in total. The van der Waals surface area contributed by atoms with Gasteiger partial charge in [0.25, 0.3) is 0 Å². The maximum Gasteiger partial charge on any atom is 0.194 e. The quantitative estimate of drug-likeness (QED) is 0.841. The fourth-order valence-electron chi connectivity index (χ4n) is 1.66. The maximum atomic E-state index is 11.2. The van der Waals surface area contributed by atoms with Crippen LogP contribution in [0.25, 0.3) is 11.3 Å². The molecule has 2 aromatic rings. The van der Waals surface area contributed by atoms with Crippen molar-refractivity contribution in [1.29, 1.82) is 0 Å². The Morgan fingerprint density at radius 2 is 2.06 bits per heavy atom. The summed E-state index contributed by atoms with van der Waals surface area (Å²) < 4.78 is 10.5. The second-order valence-corrected chi connectivity index (χ2v) is 3.77. The molecule has 0 unspecified atom stereocenters. The average molecular weight is 246 g/mol. The Morgan fingerprint density at radius 1 is 1.28 bits per heavy atom. The van der Waals surface area contributed by atoms with Gasteiger partial charge in [0, 0.05) is 12.5 Å². The van der Waals surface area contributed by atoms with Crippen LogP contribution in [0.5, 0.6) is 11.5 Å². The number of benzene rings is 1. The van der Waals surface area contributed by atoms with Crippen LogP contribution in [0.15, 0.2) is 24.4 Å². The number of aromatic nitrogens is 2. The molecule has 18 heavy (non-hydrogen) atoms. The monoisotopic (exact) mass is 246 g/mol. The molecule has 2 rings (SSSR count). The number of H-pyrrole nitrogens is 1. The largest absolute Gasteiger partial charge is 0.497 e. The van der Waals surface area contributed by atoms with E-state index in [1.807, 2.05) is 18.2 Å². The third kappa shape index (κ3) is 2.20. The van der Waals surface area contributed by atoms with Crippen molar-refractivity contribution >= 4 is 5.78 Å². The Hall–Kier alpha value is -2.30. The first-order chi connectivity index (χ1) is 8.65. The van der Waals surface area contributed by atoms with Crippen molar-refractivity contribution in [2.24, 2.45) is 0 Å². The minimum Gasteiger partial charge on any atom is -0.497 e. The fraction of sp³-hybridized carbons (Fsp3) is 0.231. The minimum absolute atomic E-state index is 0.108. The second kappa shape index (κ2) is 4.91. The smallest absolute Gasteiger partial charge is 0.194 e. The van der Waals surface area contributed by atoms with Crippen LogP contribution in [0.1, 0.15) is 17.5 Å². The van der Waals surface area contributed by atoms with Gasteiger partial charge in [0.2, 0.25) is 0 Å². The summed E-state index contributed by atoms with van der Waals surface area (Å²) >= 11 is 0. The number of ketones is 1. The number of hydrogen-bond acceptors (Lipinski definition) is 4. The van der Waals surface area contributed by atoms with Crippen molar-refractivity contribution in [3.05, 3.63) is 30.2 Å². The Kier molecular flexibility index (Phi) is 3.32. The van der Waals surface area contributed by atoms with Crippen LogP contribution < -0.4 is 9.47 Å². The number of nitrogens with one attached hydrogen (secondary N) is 1. The normalized spacial score (nSPS) is 10.2. The average Bonchev–Trinajstić information content (AvgIpc) is 2.87. The summed E-state index contributed by atoms with van der Waals surface area (Å²) in [5, 5.41) is 0. The Morgan fingerprint density at radius 3 is 2.61 bits per heavy atom. The molecule has 0 aliphatic rings. The highest BCUT2D eigenvalue weighted by molar-refractivity contribution is 5.91. The van der Waals surface area contributed by atoms with Gasteiger partial charge in [0.05, 0.1) is 26.1 Å². The number of carbonyl (C=O) groups is 1. The van der Waals surface area contributed by atoms with E-state index in [1.165, 1.54) is 6.92 Å². The van der Waals surface area contributed by atoms with Crippen LogP contribution in [0, 0.1) is 0 Å². The van der Waals surface area contributed by atoms with Crippen LogP contribution in [0.3, 0.4) is 0 Å². The minimum atomic E-state index is -0.108. The summed E-state index contributed by atoms with van der Waals surface area (Å²) in [6, 6.07) is 5.45. The van der Waals surface area contributed by atoms with Crippen molar-refractivity contribution in [1.82, 2.24) is 9.97 Å². The van der Waals surface area contributed by atoms with Gasteiger partial charge in [-0.15, -0.1) is 0 Å². The molecule has 0 amide bonds. The lowest BCUT2D eigenvalue weighted by molar-refractivity contribution is 0.100. The van der Waals surface area contributed by atoms with Gasteiger partial charge in [-0.1, -0.05) is 0 Å². The van der Waals surface area contributed by atoms with Gasteiger partial charge in [0.15, 0.2) is 11.6 Å². The molecule has 0 bridgehead atoms. The Labute approximate surface area is 105 Å². The van der Waals surface area contributed by atoms with Crippen LogP contribution in [0.4, 0.5) is 0 Å². The molecule has 1 aromatic carbocycles. The van der Waals surface area contributed by atoms with E-state index in [-0.39, 0.29) is 5.78 Å². The Bertz CT molecular complexity index is 575. The summed E-state index contributed by atoms with van der Waals surface area (Å²) in [4.78, 5) is 18.2. The first-order valence-corrected chi connectivity index (χ1v) is 5.44. The van der Waals surface area contributed by atoms with Gasteiger partial charge in [-0.2, -0.15) is 0 Å². The summed E-state index contributed by atoms with van der Waals surface area (Å²) in [6.45, 7) is 1.46. The number of Topliss-reactive ketones (excluding diaryl/α,β-unsaturated/α-hetero) is 1. The van der Waals surface area contributed by atoms with Gasteiger partial charge in [0.1, 0.15) is 11.5 Å². The lowest BCUT2D eigenvalue weighted by atomic mass is 10.1. The molecule has 0 radical (unpaired) electrons. The zero-order valence-electron chi connectivity index (χ0n) is 10.5. The van der Waals surface area contributed by atoms with E-state index in [0.717, 1.165) is 11.3 Å². The molecule has 1 heterocycles. The molecule has 1 aromatic heterocycles. The van der Waals surface area contributed by atoms with E-state index in [1.54, 1.807) is 20.4 Å². The predicted octanol–water partition coefficient (Wildman–Crippen LogP) is 2.30. The number of rotatable bonds is 4. The van der Waals surface area contributed by atoms with E-state index in [4.69, 9.17) is 9.47 Å². The van der Waals surface area contributed by atoms with Gasteiger partial charge in [-0.05, 0) is 18.2 Å². The topological polar surface area (TPSA) is 64.2 Å². The number of carbonyl (C=O) groups excluding carboxylic acids is 1. The molecule has 0 aliphatic carbocycles. The van der Waals surface area contributed by atoms with Crippen LogP contribution >= 0.6 is 0 Å². The van der Waals surface area contributed by atoms with Crippen molar-refractivity contribution in [2.75, 3.05) is 14.2 Å². The SMILES string of the molecule is COc1ccc(OC)c(-c2cnc(C(C)=O)[nH]2)c1. The molecular weight excluding hydrogens is 232 g/mol. The molecule has 0 aliphatic heterocycles. The lowest BCUT2D eigenvalue weighted by Crippen LogP contribution is -1.94. The van der Waals surface area contributed by atoms with Crippen LogP contribution in [-0.2, 0) is 0 Å². The van der Waals surface area contributed by atoms with E-state index >= 15 is 0 Å². The standard InChI is InChI=1S/C13H14N2O3/c1-8(16)13-14-7-11(15-13)10-6-9(17-2)4-5-12(10)18-3/h4-7H,1-3H3,(H,14,15). The van der Waals surface area contributed by atoms with E-state index < -0.39 is 0 Å². The molecular formula is C13H14N2O3. The molecule has 5 heteroatoms. The van der Waals surface area contributed by atoms with Gasteiger partial charge in [-0.3, -0.25) is 4.79 Å². The molecule has 0 saturated heterocycles. The maximum absolute atomic E-state index is 11.2. The molecule has 0 spiro atoms. The van der Waals surface area contributed by atoms with Gasteiger partial charge in [-0.25, -0.2) is 4.98 Å². The van der Waals surface area contributed by atoms with E-state index in [9.17, 15) is 4.79 Å². The molecule has 94 valence electrons. The first kappa shape index (κ1) is 12.2.